The van der Waals surface area contributed by atoms with E-state index in [0.717, 1.165) is 11.1 Å². The molecule has 4 nitrogen and oxygen atoms in total. The molecule has 0 bridgehead atoms. The Morgan fingerprint density at radius 3 is 2.29 bits per heavy atom. The van der Waals surface area contributed by atoms with Crippen molar-refractivity contribution in [3.63, 3.8) is 0 Å². The smallest absolute Gasteiger partial charge is 0.269 e. The summed E-state index contributed by atoms with van der Waals surface area (Å²) in [5.41, 5.74) is 2.45. The Hall–Kier alpha value is -1.91. The first-order valence-corrected chi connectivity index (χ1v) is 8.27. The van der Waals surface area contributed by atoms with E-state index in [1.165, 1.54) is 0 Å². The molecule has 0 unspecified atom stereocenters. The van der Waals surface area contributed by atoms with Crippen LogP contribution in [-0.2, 0) is 18.0 Å². The monoisotopic (exact) mass is 346 g/mol. The number of hydrogen-bond acceptors (Lipinski definition) is 3. The summed E-state index contributed by atoms with van der Waals surface area (Å²) >= 11 is 5.85. The Morgan fingerprint density at radius 2 is 1.71 bits per heavy atom. The number of aromatic nitrogens is 1. The maximum Gasteiger partial charge on any atom is 0.269 e. The zero-order valence-corrected chi connectivity index (χ0v) is 15.1. The second-order valence-electron chi connectivity index (χ2n) is 6.91. The Morgan fingerprint density at radius 1 is 1.08 bits per heavy atom. The highest BCUT2D eigenvalue weighted by molar-refractivity contribution is 6.30. The molecule has 0 aliphatic heterocycles. The van der Waals surface area contributed by atoms with Crippen molar-refractivity contribution in [3.8, 4) is 0 Å². The average molecular weight is 347 g/mol. The lowest BCUT2D eigenvalue weighted by molar-refractivity contribution is 0.0933. The molecule has 0 radical (unpaired) electrons. The summed E-state index contributed by atoms with van der Waals surface area (Å²) in [5.74, 6) is -0.154. The Kier molecular flexibility index (Phi) is 6.35. The van der Waals surface area contributed by atoms with Crippen molar-refractivity contribution in [2.75, 3.05) is 6.54 Å². The normalized spacial score (nSPS) is 11.3. The Bertz CT molecular complexity index is 661. The number of ether oxygens (including phenoxy) is 1. The molecule has 5 heteroatoms. The van der Waals surface area contributed by atoms with Crippen LogP contribution in [0.5, 0.6) is 0 Å². The topological polar surface area (TPSA) is 51.2 Å². The molecule has 2 rings (SSSR count). The van der Waals surface area contributed by atoms with Gasteiger partial charge in [0.05, 0.1) is 13.2 Å². The van der Waals surface area contributed by atoms with Crippen LogP contribution in [-0.4, -0.2) is 17.4 Å². The molecule has 1 aromatic heterocycles. The quantitative estimate of drug-likeness (QED) is 0.851. The summed E-state index contributed by atoms with van der Waals surface area (Å²) in [7, 11) is 0. The molecule has 1 heterocycles. The van der Waals surface area contributed by atoms with Gasteiger partial charge in [0.1, 0.15) is 5.69 Å². The molecule has 1 N–H and O–H groups in total. The SMILES string of the molecule is CC(C)(C)CNC(=O)c1ccc(COCc2ccc(Cl)cc2)cn1. The number of nitrogens with zero attached hydrogens (tertiary/aromatic N) is 1. The van der Waals surface area contributed by atoms with Crippen LogP contribution in [0.2, 0.25) is 5.02 Å². The molecular weight excluding hydrogens is 324 g/mol. The molecule has 0 saturated carbocycles. The minimum atomic E-state index is -0.154. The average Bonchev–Trinajstić information content (AvgIpc) is 2.54. The molecule has 0 saturated heterocycles. The van der Waals surface area contributed by atoms with Crippen molar-refractivity contribution in [2.45, 2.75) is 34.0 Å². The zero-order chi connectivity index (χ0) is 17.6. The molecule has 0 aliphatic carbocycles. The van der Waals surface area contributed by atoms with E-state index in [2.05, 4.69) is 31.1 Å². The number of carbonyl (C=O) groups excluding carboxylic acids is 1. The summed E-state index contributed by atoms with van der Waals surface area (Å²) < 4.78 is 5.65. The fraction of sp³-hybridized carbons (Fsp3) is 0.368. The summed E-state index contributed by atoms with van der Waals surface area (Å²) in [6.45, 7) is 7.77. The van der Waals surface area contributed by atoms with Gasteiger partial charge >= 0.3 is 0 Å². The maximum atomic E-state index is 12.0. The second kappa shape index (κ2) is 8.27. The van der Waals surface area contributed by atoms with Crippen molar-refractivity contribution >= 4 is 17.5 Å². The number of amides is 1. The third kappa shape index (κ3) is 6.30. The van der Waals surface area contributed by atoms with Crippen molar-refractivity contribution in [2.24, 2.45) is 5.41 Å². The second-order valence-corrected chi connectivity index (χ2v) is 7.35. The lowest BCUT2D eigenvalue weighted by Crippen LogP contribution is -2.32. The number of benzene rings is 1. The summed E-state index contributed by atoms with van der Waals surface area (Å²) in [6.07, 6.45) is 1.67. The predicted octanol–water partition coefficient (Wildman–Crippen LogP) is 4.23. The van der Waals surface area contributed by atoms with Crippen molar-refractivity contribution in [3.05, 3.63) is 64.4 Å². The molecule has 128 valence electrons. The van der Waals surface area contributed by atoms with Crippen LogP contribution in [0.15, 0.2) is 42.6 Å². The largest absolute Gasteiger partial charge is 0.372 e. The van der Waals surface area contributed by atoms with Crippen LogP contribution in [0.25, 0.3) is 0 Å². The maximum absolute atomic E-state index is 12.0. The molecular formula is C19H23ClN2O2. The van der Waals surface area contributed by atoms with E-state index >= 15 is 0 Å². The van der Waals surface area contributed by atoms with Crippen LogP contribution < -0.4 is 5.32 Å². The zero-order valence-electron chi connectivity index (χ0n) is 14.3. The molecule has 1 amide bonds. The summed E-state index contributed by atoms with van der Waals surface area (Å²) in [5, 5.41) is 3.60. The Labute approximate surface area is 148 Å². The van der Waals surface area contributed by atoms with Gasteiger partial charge in [-0.25, -0.2) is 0 Å². The van der Waals surface area contributed by atoms with Crippen LogP contribution in [0, 0.1) is 5.41 Å². The molecule has 0 atom stereocenters. The molecule has 1 aromatic carbocycles. The molecule has 0 aliphatic rings. The van der Waals surface area contributed by atoms with Crippen molar-refractivity contribution in [1.29, 1.82) is 0 Å². The van der Waals surface area contributed by atoms with Gasteiger partial charge in [0, 0.05) is 17.8 Å². The highest BCUT2D eigenvalue weighted by atomic mass is 35.5. The lowest BCUT2D eigenvalue weighted by atomic mass is 9.97. The minimum Gasteiger partial charge on any atom is -0.372 e. The third-order valence-electron chi connectivity index (χ3n) is 3.29. The van der Waals surface area contributed by atoms with Gasteiger partial charge < -0.3 is 10.1 Å². The van der Waals surface area contributed by atoms with E-state index < -0.39 is 0 Å². The number of rotatable bonds is 6. The van der Waals surface area contributed by atoms with Gasteiger partial charge in [-0.3, -0.25) is 9.78 Å². The number of nitrogens with one attached hydrogen (secondary N) is 1. The van der Waals surface area contributed by atoms with E-state index in [1.54, 1.807) is 12.3 Å². The van der Waals surface area contributed by atoms with E-state index in [4.69, 9.17) is 16.3 Å². The number of pyridine rings is 1. The highest BCUT2D eigenvalue weighted by Gasteiger charge is 2.13. The van der Waals surface area contributed by atoms with Crippen LogP contribution in [0.1, 0.15) is 42.4 Å². The predicted molar refractivity (Wildman–Crippen MR) is 96.0 cm³/mol. The van der Waals surface area contributed by atoms with Crippen LogP contribution in [0.3, 0.4) is 0 Å². The van der Waals surface area contributed by atoms with E-state index in [0.29, 0.717) is 30.5 Å². The molecule has 24 heavy (non-hydrogen) atoms. The summed E-state index contributed by atoms with van der Waals surface area (Å²) in [6, 6.07) is 11.1. The van der Waals surface area contributed by atoms with Gasteiger partial charge in [-0.15, -0.1) is 0 Å². The van der Waals surface area contributed by atoms with Crippen LogP contribution >= 0.6 is 11.6 Å². The summed E-state index contributed by atoms with van der Waals surface area (Å²) in [4.78, 5) is 16.2. The number of halogens is 1. The van der Waals surface area contributed by atoms with E-state index in [9.17, 15) is 4.79 Å². The first kappa shape index (κ1) is 18.4. The molecule has 2 aromatic rings. The first-order chi connectivity index (χ1) is 11.3. The van der Waals surface area contributed by atoms with E-state index in [1.807, 2.05) is 30.3 Å². The lowest BCUT2D eigenvalue weighted by Gasteiger charge is -2.18. The van der Waals surface area contributed by atoms with Gasteiger partial charge in [0.25, 0.3) is 5.91 Å². The van der Waals surface area contributed by atoms with Crippen molar-refractivity contribution < 1.29 is 9.53 Å². The third-order valence-corrected chi connectivity index (χ3v) is 3.54. The van der Waals surface area contributed by atoms with Gasteiger partial charge in [0.2, 0.25) is 0 Å². The minimum absolute atomic E-state index is 0.0467. The highest BCUT2D eigenvalue weighted by Crippen LogP contribution is 2.12. The number of hydrogen-bond donors (Lipinski definition) is 1. The first-order valence-electron chi connectivity index (χ1n) is 7.89. The fourth-order valence-corrected chi connectivity index (χ4v) is 2.07. The molecule has 0 spiro atoms. The van der Waals surface area contributed by atoms with E-state index in [-0.39, 0.29) is 11.3 Å². The fourth-order valence-electron chi connectivity index (χ4n) is 1.95. The van der Waals surface area contributed by atoms with Gasteiger partial charge in [-0.05, 0) is 34.7 Å². The van der Waals surface area contributed by atoms with Crippen molar-refractivity contribution in [1.82, 2.24) is 10.3 Å². The van der Waals surface area contributed by atoms with Gasteiger partial charge in [-0.2, -0.15) is 0 Å². The Balaban J connectivity index is 1.81. The van der Waals surface area contributed by atoms with Gasteiger partial charge in [0.15, 0.2) is 0 Å². The standard InChI is InChI=1S/C19H23ClN2O2/c1-19(2,3)13-22-18(23)17-9-6-15(10-21-17)12-24-11-14-4-7-16(20)8-5-14/h4-10H,11-13H2,1-3H3,(H,22,23). The van der Waals surface area contributed by atoms with Crippen LogP contribution in [0.4, 0.5) is 0 Å². The van der Waals surface area contributed by atoms with Gasteiger partial charge in [-0.1, -0.05) is 50.6 Å². The number of carbonyl (C=O) groups is 1. The molecule has 0 fully saturated rings.